The van der Waals surface area contributed by atoms with E-state index in [0.29, 0.717) is 22.0 Å². The van der Waals surface area contributed by atoms with Crippen molar-refractivity contribution in [3.8, 4) is 28.7 Å². The Bertz CT molecular complexity index is 1100. The van der Waals surface area contributed by atoms with E-state index in [-0.39, 0.29) is 11.4 Å². The number of benzene rings is 2. The number of nitrogens with one attached hydrogen (secondary N) is 1. The molecule has 28 heavy (non-hydrogen) atoms. The fourth-order valence-electron chi connectivity index (χ4n) is 2.28. The number of rotatable bonds is 2. The van der Waals surface area contributed by atoms with E-state index in [1.807, 2.05) is 48.5 Å². The molecule has 0 atom stereocenters. The topological polar surface area (TPSA) is 91.8 Å². The van der Waals surface area contributed by atoms with Crippen LogP contribution in [-0.2, 0) is 0 Å². The zero-order chi connectivity index (χ0) is 19.9. The number of hydrogen-bond acceptors (Lipinski definition) is 5. The summed E-state index contributed by atoms with van der Waals surface area (Å²) in [5, 5.41) is 9.83. The van der Waals surface area contributed by atoms with E-state index < -0.39 is 0 Å². The van der Waals surface area contributed by atoms with E-state index in [1.54, 1.807) is 12.1 Å². The highest BCUT2D eigenvalue weighted by Crippen LogP contribution is 2.19. The van der Waals surface area contributed by atoms with Crippen LogP contribution in [0.4, 0.5) is 0 Å². The molecule has 2 heterocycles. The van der Waals surface area contributed by atoms with Gasteiger partial charge in [-0.2, -0.15) is 4.98 Å². The SMILES string of the molecule is Clc1cc(Cl)nc(-c2ccccc2)n1.O=c1cc(O)nc(-c2ccccc2)[nH]1. The molecule has 0 aliphatic carbocycles. The van der Waals surface area contributed by atoms with Crippen molar-refractivity contribution in [2.45, 2.75) is 0 Å². The quantitative estimate of drug-likeness (QED) is 0.469. The van der Waals surface area contributed by atoms with E-state index >= 15 is 0 Å². The van der Waals surface area contributed by atoms with Crippen molar-refractivity contribution in [3.63, 3.8) is 0 Å². The Morgan fingerprint density at radius 3 is 1.82 bits per heavy atom. The van der Waals surface area contributed by atoms with Crippen LogP contribution < -0.4 is 5.56 Å². The van der Waals surface area contributed by atoms with Crippen LogP contribution in [0.5, 0.6) is 5.88 Å². The first kappa shape index (κ1) is 19.5. The molecular weight excluding hydrogens is 399 g/mol. The largest absolute Gasteiger partial charge is 0.493 e. The van der Waals surface area contributed by atoms with Crippen molar-refractivity contribution in [1.29, 1.82) is 0 Å². The first-order valence-corrected chi connectivity index (χ1v) is 8.88. The molecule has 0 fully saturated rings. The number of nitrogens with zero attached hydrogens (tertiary/aromatic N) is 3. The van der Waals surface area contributed by atoms with Crippen LogP contribution in [0.3, 0.4) is 0 Å². The number of aromatic amines is 1. The van der Waals surface area contributed by atoms with Crippen LogP contribution in [0.25, 0.3) is 22.8 Å². The molecule has 2 aromatic heterocycles. The van der Waals surface area contributed by atoms with Gasteiger partial charge in [0, 0.05) is 17.2 Å². The highest BCUT2D eigenvalue weighted by molar-refractivity contribution is 6.33. The van der Waals surface area contributed by atoms with Gasteiger partial charge in [-0.15, -0.1) is 0 Å². The van der Waals surface area contributed by atoms with E-state index in [9.17, 15) is 4.79 Å². The van der Waals surface area contributed by atoms with E-state index in [4.69, 9.17) is 28.3 Å². The minimum Gasteiger partial charge on any atom is -0.493 e. The molecule has 0 amide bonds. The number of H-pyrrole nitrogens is 1. The smallest absolute Gasteiger partial charge is 0.254 e. The molecule has 0 bridgehead atoms. The predicted octanol–water partition coefficient (Wildman–Crippen LogP) is 4.59. The molecule has 2 aromatic carbocycles. The number of hydrogen-bond donors (Lipinski definition) is 2. The lowest BCUT2D eigenvalue weighted by Crippen LogP contribution is -2.06. The fourth-order valence-corrected chi connectivity index (χ4v) is 2.71. The van der Waals surface area contributed by atoms with Crippen LogP contribution >= 0.6 is 23.2 Å². The van der Waals surface area contributed by atoms with Crippen LogP contribution in [0.1, 0.15) is 0 Å². The number of aromatic hydroxyl groups is 1. The van der Waals surface area contributed by atoms with Crippen molar-refractivity contribution in [1.82, 2.24) is 19.9 Å². The molecule has 0 spiro atoms. The summed E-state index contributed by atoms with van der Waals surface area (Å²) in [5.41, 5.74) is 1.30. The zero-order valence-electron chi connectivity index (χ0n) is 14.4. The van der Waals surface area contributed by atoms with Crippen molar-refractivity contribution >= 4 is 23.2 Å². The zero-order valence-corrected chi connectivity index (χ0v) is 15.9. The van der Waals surface area contributed by atoms with Crippen LogP contribution in [-0.4, -0.2) is 25.0 Å². The molecule has 4 rings (SSSR count). The Labute approximate surface area is 170 Å². The van der Waals surface area contributed by atoms with Gasteiger partial charge in [0.05, 0.1) is 6.07 Å². The lowest BCUT2D eigenvalue weighted by Gasteiger charge is -2.00. The van der Waals surface area contributed by atoms with Crippen molar-refractivity contribution < 1.29 is 5.11 Å². The maximum Gasteiger partial charge on any atom is 0.254 e. The third kappa shape index (κ3) is 5.39. The fraction of sp³-hybridized carbons (Fsp3) is 0. The highest BCUT2D eigenvalue weighted by atomic mass is 35.5. The molecule has 4 aromatic rings. The first-order chi connectivity index (χ1) is 13.5. The van der Waals surface area contributed by atoms with Crippen LogP contribution in [0.15, 0.2) is 77.6 Å². The lowest BCUT2D eigenvalue weighted by atomic mass is 10.2. The average molecular weight is 413 g/mol. The number of halogens is 2. The van der Waals surface area contributed by atoms with Crippen LogP contribution in [0.2, 0.25) is 10.3 Å². The average Bonchev–Trinajstić information content (AvgIpc) is 2.68. The first-order valence-electron chi connectivity index (χ1n) is 8.12. The molecule has 0 saturated heterocycles. The van der Waals surface area contributed by atoms with Gasteiger partial charge in [-0.05, 0) is 0 Å². The van der Waals surface area contributed by atoms with Crippen molar-refractivity contribution in [2.75, 3.05) is 0 Å². The summed E-state index contributed by atoms with van der Waals surface area (Å²) >= 11 is 11.5. The summed E-state index contributed by atoms with van der Waals surface area (Å²) in [6, 6.07) is 21.2. The van der Waals surface area contributed by atoms with Gasteiger partial charge in [-0.25, -0.2) is 9.97 Å². The molecular formula is C20H14Cl2N4O2. The third-order valence-corrected chi connectivity index (χ3v) is 3.86. The van der Waals surface area contributed by atoms with Gasteiger partial charge in [0.15, 0.2) is 5.82 Å². The molecule has 140 valence electrons. The summed E-state index contributed by atoms with van der Waals surface area (Å²) < 4.78 is 0. The molecule has 0 radical (unpaired) electrons. The summed E-state index contributed by atoms with van der Waals surface area (Å²) in [4.78, 5) is 25.5. The second-order valence-electron chi connectivity index (χ2n) is 5.52. The summed E-state index contributed by atoms with van der Waals surface area (Å²) in [7, 11) is 0. The summed E-state index contributed by atoms with van der Waals surface area (Å²) in [6.45, 7) is 0. The second kappa shape index (κ2) is 9.12. The maximum absolute atomic E-state index is 11.0. The minimum absolute atomic E-state index is 0.271. The van der Waals surface area contributed by atoms with Crippen LogP contribution in [0, 0.1) is 0 Å². The molecule has 0 saturated carbocycles. The van der Waals surface area contributed by atoms with Gasteiger partial charge < -0.3 is 10.1 Å². The summed E-state index contributed by atoms with van der Waals surface area (Å²) in [6.07, 6.45) is 0. The molecule has 8 heteroatoms. The van der Waals surface area contributed by atoms with Gasteiger partial charge in [0.1, 0.15) is 16.1 Å². The van der Waals surface area contributed by atoms with Gasteiger partial charge >= 0.3 is 0 Å². The highest BCUT2D eigenvalue weighted by Gasteiger charge is 2.03. The van der Waals surface area contributed by atoms with E-state index in [1.165, 1.54) is 6.07 Å². The Kier molecular flexibility index (Phi) is 6.37. The molecule has 6 nitrogen and oxygen atoms in total. The number of aromatic nitrogens is 4. The molecule has 0 unspecified atom stereocenters. The van der Waals surface area contributed by atoms with Gasteiger partial charge in [0.2, 0.25) is 5.88 Å². The monoisotopic (exact) mass is 412 g/mol. The summed E-state index contributed by atoms with van der Waals surface area (Å²) in [5.74, 6) is 0.645. The predicted molar refractivity (Wildman–Crippen MR) is 109 cm³/mol. The molecule has 0 aliphatic heterocycles. The molecule has 0 aliphatic rings. The molecule has 2 N–H and O–H groups in total. The third-order valence-electron chi connectivity index (χ3n) is 3.47. The Morgan fingerprint density at radius 1 is 0.750 bits per heavy atom. The Morgan fingerprint density at radius 2 is 1.29 bits per heavy atom. The minimum atomic E-state index is -0.364. The van der Waals surface area contributed by atoms with Gasteiger partial charge in [0.25, 0.3) is 5.56 Å². The van der Waals surface area contributed by atoms with Gasteiger partial charge in [-0.1, -0.05) is 83.9 Å². The lowest BCUT2D eigenvalue weighted by molar-refractivity contribution is 0.452. The second-order valence-corrected chi connectivity index (χ2v) is 6.30. The van der Waals surface area contributed by atoms with Crippen molar-refractivity contribution in [3.05, 3.63) is 93.5 Å². The van der Waals surface area contributed by atoms with E-state index in [0.717, 1.165) is 17.2 Å². The Hall–Kier alpha value is -3.22. The standard InChI is InChI=1S/C10H6Cl2N2.C10H8N2O2/c11-8-6-9(12)14-10(13-8)7-4-2-1-3-5-7;13-8-6-9(14)12-10(11-8)7-4-2-1-3-5-7/h1-6H;1-6H,(H2,11,12,13,14). The van der Waals surface area contributed by atoms with E-state index in [2.05, 4.69) is 19.9 Å². The maximum atomic E-state index is 11.0. The normalized spacial score (nSPS) is 10.1. The Balaban J connectivity index is 0.000000161. The van der Waals surface area contributed by atoms with Crippen molar-refractivity contribution in [2.24, 2.45) is 0 Å². The van der Waals surface area contributed by atoms with Gasteiger partial charge in [-0.3, -0.25) is 4.79 Å².